The van der Waals surface area contributed by atoms with Crippen LogP contribution in [0.2, 0.25) is 0 Å². The summed E-state index contributed by atoms with van der Waals surface area (Å²) in [6.07, 6.45) is 0.934. The summed E-state index contributed by atoms with van der Waals surface area (Å²) in [5.74, 6) is 0. The Labute approximate surface area is 104 Å². The maximum absolute atomic E-state index is 11.3. The Morgan fingerprint density at radius 2 is 1.83 bits per heavy atom. The third kappa shape index (κ3) is 1.08. The second-order valence-corrected chi connectivity index (χ2v) is 4.54. The monoisotopic (exact) mass is 229 g/mol. The van der Waals surface area contributed by atoms with Gasteiger partial charge in [0.1, 0.15) is 0 Å². The van der Waals surface area contributed by atoms with Crippen LogP contribution in [0.5, 0.6) is 0 Å². The van der Waals surface area contributed by atoms with E-state index in [1.165, 1.54) is 10.8 Å². The van der Waals surface area contributed by atoms with Crippen LogP contribution in [0.15, 0.2) is 48.5 Å². The predicted molar refractivity (Wildman–Crippen MR) is 74.4 cm³/mol. The number of benzene rings is 4. The van der Waals surface area contributed by atoms with E-state index in [4.69, 9.17) is 0 Å². The summed E-state index contributed by atoms with van der Waals surface area (Å²) < 4.78 is 0. The van der Waals surface area contributed by atoms with E-state index >= 15 is 0 Å². The van der Waals surface area contributed by atoms with Gasteiger partial charge in [-0.1, -0.05) is 42.5 Å². The Morgan fingerprint density at radius 3 is 2.72 bits per heavy atom. The summed E-state index contributed by atoms with van der Waals surface area (Å²) in [6, 6.07) is 19.4. The van der Waals surface area contributed by atoms with Gasteiger partial charge >= 0.3 is 0 Å². The van der Waals surface area contributed by atoms with Crippen molar-refractivity contribution >= 4 is 38.6 Å². The maximum atomic E-state index is 11.3. The fourth-order valence-electron chi connectivity index (χ4n) is 2.81. The molecule has 1 heteroatoms. The van der Waals surface area contributed by atoms with Crippen molar-refractivity contribution in [1.29, 1.82) is 0 Å². The van der Waals surface area contributed by atoms with Crippen molar-refractivity contribution in [2.45, 2.75) is 0 Å². The molecule has 1 radical (unpaired) electrons. The lowest BCUT2D eigenvalue weighted by molar-refractivity contribution is 0.112. The molecule has 0 aliphatic heterocycles. The first-order valence-electron chi connectivity index (χ1n) is 5.92. The lowest BCUT2D eigenvalue weighted by Gasteiger charge is -2.11. The van der Waals surface area contributed by atoms with Crippen LogP contribution in [0.4, 0.5) is 0 Å². The Kier molecular flexibility index (Phi) is 1.76. The maximum Gasteiger partial charge on any atom is 0.150 e. The lowest BCUT2D eigenvalue weighted by Crippen LogP contribution is -1.89. The molecule has 0 aromatic heterocycles. The highest BCUT2D eigenvalue weighted by Gasteiger charge is 2.10. The standard InChI is InChI=1S/C17H9O/c18-10-14-9-13-5-1-3-11-7-8-12-4-2-6-15(14)17(12)16(11)13/h1-3,5-10H. The van der Waals surface area contributed by atoms with Crippen LogP contribution in [0, 0.1) is 6.07 Å². The number of hydrogen-bond acceptors (Lipinski definition) is 1. The Morgan fingerprint density at radius 1 is 0.944 bits per heavy atom. The zero-order chi connectivity index (χ0) is 12.1. The highest BCUT2D eigenvalue weighted by Crippen LogP contribution is 2.35. The average Bonchev–Trinajstić information content (AvgIpc) is 2.44. The van der Waals surface area contributed by atoms with E-state index in [1.54, 1.807) is 0 Å². The topological polar surface area (TPSA) is 17.1 Å². The van der Waals surface area contributed by atoms with Crippen molar-refractivity contribution in [1.82, 2.24) is 0 Å². The summed E-state index contributed by atoms with van der Waals surface area (Å²) in [5.41, 5.74) is 0.750. The zero-order valence-electron chi connectivity index (χ0n) is 9.60. The number of carbonyl (C=O) groups excluding carboxylic acids is 1. The van der Waals surface area contributed by atoms with E-state index in [9.17, 15) is 4.79 Å². The first kappa shape index (κ1) is 9.60. The Balaban J connectivity index is 2.47. The second kappa shape index (κ2) is 3.30. The zero-order valence-corrected chi connectivity index (χ0v) is 9.60. The quantitative estimate of drug-likeness (QED) is 0.353. The van der Waals surface area contributed by atoms with Crippen molar-refractivity contribution in [2.24, 2.45) is 0 Å². The van der Waals surface area contributed by atoms with Gasteiger partial charge in [-0.3, -0.25) is 4.79 Å². The average molecular weight is 229 g/mol. The molecule has 0 spiro atoms. The van der Waals surface area contributed by atoms with Gasteiger partial charge in [-0.25, -0.2) is 0 Å². The summed E-state index contributed by atoms with van der Waals surface area (Å²) in [7, 11) is 0. The third-order valence-electron chi connectivity index (χ3n) is 3.58. The first-order chi connectivity index (χ1) is 8.88. The van der Waals surface area contributed by atoms with Crippen LogP contribution in [0.1, 0.15) is 10.4 Å². The van der Waals surface area contributed by atoms with Crippen molar-refractivity contribution in [3.05, 3.63) is 60.2 Å². The molecule has 0 N–H and O–H groups in total. The fraction of sp³-hybridized carbons (Fsp3) is 0. The van der Waals surface area contributed by atoms with Gasteiger partial charge in [0.25, 0.3) is 0 Å². The van der Waals surface area contributed by atoms with Crippen LogP contribution in [0.3, 0.4) is 0 Å². The lowest BCUT2D eigenvalue weighted by atomic mass is 9.92. The Hall–Kier alpha value is -2.41. The van der Waals surface area contributed by atoms with Gasteiger partial charge in [0.05, 0.1) is 0 Å². The van der Waals surface area contributed by atoms with E-state index in [1.807, 2.05) is 24.3 Å². The fourth-order valence-corrected chi connectivity index (χ4v) is 2.81. The normalized spacial score (nSPS) is 11.6. The van der Waals surface area contributed by atoms with Gasteiger partial charge < -0.3 is 0 Å². The highest BCUT2D eigenvalue weighted by molar-refractivity contribution is 6.25. The van der Waals surface area contributed by atoms with Gasteiger partial charge in [-0.05, 0) is 44.5 Å². The van der Waals surface area contributed by atoms with Gasteiger partial charge in [0, 0.05) is 5.56 Å². The summed E-state index contributed by atoms with van der Waals surface area (Å²) in [4.78, 5) is 11.3. The number of rotatable bonds is 1. The molecule has 4 aromatic rings. The molecule has 83 valence electrons. The van der Waals surface area contributed by atoms with Crippen molar-refractivity contribution < 1.29 is 4.79 Å². The Bertz CT molecular complexity index is 890. The number of hydrogen-bond donors (Lipinski definition) is 0. The molecular weight excluding hydrogens is 220 g/mol. The minimum absolute atomic E-state index is 0.750. The molecule has 4 rings (SSSR count). The van der Waals surface area contributed by atoms with Crippen molar-refractivity contribution in [2.75, 3.05) is 0 Å². The third-order valence-corrected chi connectivity index (χ3v) is 3.58. The number of aldehydes is 1. The van der Waals surface area contributed by atoms with Gasteiger partial charge in [0.2, 0.25) is 0 Å². The van der Waals surface area contributed by atoms with Crippen LogP contribution in [0.25, 0.3) is 32.3 Å². The predicted octanol–water partition coefficient (Wildman–Crippen LogP) is 4.20. The molecule has 18 heavy (non-hydrogen) atoms. The van der Waals surface area contributed by atoms with Crippen molar-refractivity contribution in [3.63, 3.8) is 0 Å². The van der Waals surface area contributed by atoms with E-state index in [0.29, 0.717) is 0 Å². The van der Waals surface area contributed by atoms with Crippen LogP contribution in [-0.4, -0.2) is 6.29 Å². The van der Waals surface area contributed by atoms with E-state index in [-0.39, 0.29) is 0 Å². The molecule has 0 atom stereocenters. The minimum Gasteiger partial charge on any atom is -0.298 e. The van der Waals surface area contributed by atoms with E-state index in [0.717, 1.165) is 33.4 Å². The minimum atomic E-state index is 0.750. The first-order valence-corrected chi connectivity index (χ1v) is 5.92. The van der Waals surface area contributed by atoms with Crippen molar-refractivity contribution in [3.8, 4) is 0 Å². The second-order valence-electron chi connectivity index (χ2n) is 4.54. The largest absolute Gasteiger partial charge is 0.298 e. The van der Waals surface area contributed by atoms with E-state index in [2.05, 4.69) is 30.3 Å². The molecule has 0 aliphatic carbocycles. The molecular formula is C17H9O. The highest BCUT2D eigenvalue weighted by atomic mass is 16.1. The molecule has 0 fully saturated rings. The summed E-state index contributed by atoms with van der Waals surface area (Å²) in [6.45, 7) is 0. The molecule has 0 unspecified atom stereocenters. The molecule has 0 bridgehead atoms. The SMILES string of the molecule is O=Cc1cc2cccc3ccc4[c]ccc1c4c32. The number of carbonyl (C=O) groups is 1. The van der Waals surface area contributed by atoms with Gasteiger partial charge in [-0.2, -0.15) is 0 Å². The smallest absolute Gasteiger partial charge is 0.150 e. The summed E-state index contributed by atoms with van der Waals surface area (Å²) >= 11 is 0. The molecule has 0 amide bonds. The van der Waals surface area contributed by atoms with Crippen LogP contribution < -0.4 is 0 Å². The van der Waals surface area contributed by atoms with Gasteiger partial charge in [-0.15, -0.1) is 0 Å². The van der Waals surface area contributed by atoms with Gasteiger partial charge in [0.15, 0.2) is 6.29 Å². The molecule has 0 heterocycles. The molecule has 1 nitrogen and oxygen atoms in total. The van der Waals surface area contributed by atoms with E-state index < -0.39 is 0 Å². The molecule has 0 saturated carbocycles. The molecule has 0 aliphatic rings. The molecule has 0 saturated heterocycles. The summed E-state index contributed by atoms with van der Waals surface area (Å²) in [5, 5.41) is 6.79. The van der Waals surface area contributed by atoms with Crippen LogP contribution in [-0.2, 0) is 0 Å². The molecule has 4 aromatic carbocycles. The van der Waals surface area contributed by atoms with Crippen LogP contribution >= 0.6 is 0 Å².